The van der Waals surface area contributed by atoms with Crippen molar-refractivity contribution >= 4 is 29.1 Å². The van der Waals surface area contributed by atoms with Gasteiger partial charge in [-0.05, 0) is 36.4 Å². The third-order valence-electron chi connectivity index (χ3n) is 3.62. The van der Waals surface area contributed by atoms with Gasteiger partial charge in [0.25, 0.3) is 5.91 Å². The van der Waals surface area contributed by atoms with Gasteiger partial charge in [0.05, 0.1) is 26.5 Å². The molecule has 9 heteroatoms. The van der Waals surface area contributed by atoms with Gasteiger partial charge in [0.2, 0.25) is 11.8 Å². The Morgan fingerprint density at radius 3 is 2.32 bits per heavy atom. The van der Waals surface area contributed by atoms with Gasteiger partial charge in [-0.25, -0.2) is 4.39 Å². The molecule has 8 nitrogen and oxygen atoms in total. The van der Waals surface area contributed by atoms with E-state index in [0.29, 0.717) is 17.1 Å². The number of nitrogens with one attached hydrogen (secondary N) is 3. The molecular weight excluding hydrogens is 369 g/mol. The van der Waals surface area contributed by atoms with Crippen LogP contribution in [-0.4, -0.2) is 38.5 Å². The summed E-state index contributed by atoms with van der Waals surface area (Å²) in [6.45, 7) is 0.939. The minimum absolute atomic E-state index is 0.0559. The van der Waals surface area contributed by atoms with E-state index >= 15 is 0 Å². The fraction of sp³-hybridized carbons (Fsp3) is 0.211. The van der Waals surface area contributed by atoms with E-state index in [9.17, 15) is 18.8 Å². The van der Waals surface area contributed by atoms with Crippen LogP contribution in [0.2, 0.25) is 0 Å². The van der Waals surface area contributed by atoms with Crippen molar-refractivity contribution in [3.63, 3.8) is 0 Å². The Morgan fingerprint density at radius 2 is 1.68 bits per heavy atom. The molecule has 0 spiro atoms. The molecule has 0 aliphatic heterocycles. The highest BCUT2D eigenvalue weighted by Gasteiger charge is 2.13. The molecule has 2 rings (SSSR count). The zero-order valence-electron chi connectivity index (χ0n) is 15.6. The first-order chi connectivity index (χ1) is 13.3. The van der Waals surface area contributed by atoms with Crippen molar-refractivity contribution in [1.29, 1.82) is 0 Å². The van der Waals surface area contributed by atoms with Gasteiger partial charge in [0.15, 0.2) is 11.5 Å². The molecule has 0 unspecified atom stereocenters. The second kappa shape index (κ2) is 9.36. The molecule has 2 aromatic carbocycles. The molecule has 148 valence electrons. The van der Waals surface area contributed by atoms with Crippen molar-refractivity contribution in [2.24, 2.45) is 0 Å². The molecule has 0 aliphatic carbocycles. The lowest BCUT2D eigenvalue weighted by Crippen LogP contribution is -2.32. The molecule has 0 heterocycles. The van der Waals surface area contributed by atoms with Crippen molar-refractivity contribution in [2.45, 2.75) is 6.92 Å². The van der Waals surface area contributed by atoms with Crippen LogP contribution in [-0.2, 0) is 9.59 Å². The average molecular weight is 389 g/mol. The topological polar surface area (TPSA) is 106 Å². The summed E-state index contributed by atoms with van der Waals surface area (Å²) in [5.41, 5.74) is 0.510. The van der Waals surface area contributed by atoms with Crippen LogP contribution in [0.3, 0.4) is 0 Å². The van der Waals surface area contributed by atoms with Crippen molar-refractivity contribution in [2.75, 3.05) is 31.4 Å². The molecule has 0 aliphatic rings. The summed E-state index contributed by atoms with van der Waals surface area (Å²) < 4.78 is 23.9. The van der Waals surface area contributed by atoms with Gasteiger partial charge in [-0.15, -0.1) is 0 Å². The number of hydrogen-bond acceptors (Lipinski definition) is 5. The molecule has 0 aromatic heterocycles. The predicted molar refractivity (Wildman–Crippen MR) is 101 cm³/mol. The maximum Gasteiger partial charge on any atom is 0.251 e. The molecule has 0 radical (unpaired) electrons. The molecule has 3 N–H and O–H groups in total. The number of amides is 3. The van der Waals surface area contributed by atoms with Gasteiger partial charge in [-0.1, -0.05) is 0 Å². The van der Waals surface area contributed by atoms with Gasteiger partial charge >= 0.3 is 0 Å². The first-order valence-corrected chi connectivity index (χ1v) is 8.21. The zero-order chi connectivity index (χ0) is 20.7. The molecule has 2 aromatic rings. The van der Waals surface area contributed by atoms with E-state index in [4.69, 9.17) is 9.47 Å². The Morgan fingerprint density at radius 1 is 0.964 bits per heavy atom. The summed E-state index contributed by atoms with van der Waals surface area (Å²) in [4.78, 5) is 35.3. The molecule has 0 saturated heterocycles. The lowest BCUT2D eigenvalue weighted by atomic mass is 10.2. The third kappa shape index (κ3) is 5.44. The lowest BCUT2D eigenvalue weighted by molar-refractivity contribution is -0.115. The SMILES string of the molecule is COc1ccc(C(=O)NCC(=O)Nc2ccc(F)c(NC(C)=O)c2)cc1OC. The largest absolute Gasteiger partial charge is 0.493 e. The van der Waals surface area contributed by atoms with Crippen LogP contribution >= 0.6 is 0 Å². The average Bonchev–Trinajstić information content (AvgIpc) is 2.67. The third-order valence-corrected chi connectivity index (χ3v) is 3.62. The van der Waals surface area contributed by atoms with Gasteiger partial charge in [-0.2, -0.15) is 0 Å². The van der Waals surface area contributed by atoms with Crippen LogP contribution < -0.4 is 25.4 Å². The molecule has 0 fully saturated rings. The summed E-state index contributed by atoms with van der Waals surface area (Å²) in [5.74, 6) is -1.21. The molecular formula is C19H20FN3O5. The van der Waals surface area contributed by atoms with Crippen LogP contribution in [0.15, 0.2) is 36.4 Å². The van der Waals surface area contributed by atoms with E-state index in [2.05, 4.69) is 16.0 Å². The highest BCUT2D eigenvalue weighted by atomic mass is 19.1. The smallest absolute Gasteiger partial charge is 0.251 e. The van der Waals surface area contributed by atoms with Gasteiger partial charge in [-0.3, -0.25) is 14.4 Å². The number of carbonyl (C=O) groups is 3. The lowest BCUT2D eigenvalue weighted by Gasteiger charge is -2.11. The summed E-state index contributed by atoms with van der Waals surface area (Å²) in [5, 5.41) is 7.31. The summed E-state index contributed by atoms with van der Waals surface area (Å²) >= 11 is 0. The normalized spacial score (nSPS) is 10.0. The van der Waals surface area contributed by atoms with E-state index in [1.54, 1.807) is 6.07 Å². The molecule has 0 bridgehead atoms. The van der Waals surface area contributed by atoms with Crippen LogP contribution in [0, 0.1) is 5.82 Å². The zero-order valence-corrected chi connectivity index (χ0v) is 15.6. The first-order valence-electron chi connectivity index (χ1n) is 8.21. The molecule has 28 heavy (non-hydrogen) atoms. The van der Waals surface area contributed by atoms with Crippen molar-refractivity contribution in [1.82, 2.24) is 5.32 Å². The van der Waals surface area contributed by atoms with Crippen molar-refractivity contribution in [3.8, 4) is 11.5 Å². The van der Waals surface area contributed by atoms with E-state index in [-0.39, 0.29) is 17.9 Å². The number of benzene rings is 2. The second-order valence-corrected chi connectivity index (χ2v) is 5.68. The Bertz CT molecular complexity index is 901. The predicted octanol–water partition coefficient (Wildman–Crippen LogP) is 2.17. The molecule has 0 saturated carbocycles. The van der Waals surface area contributed by atoms with Crippen molar-refractivity contribution in [3.05, 3.63) is 47.8 Å². The molecule has 3 amide bonds. The van der Waals surface area contributed by atoms with Gasteiger partial charge in [0.1, 0.15) is 5.82 Å². The van der Waals surface area contributed by atoms with Crippen LogP contribution in [0.4, 0.5) is 15.8 Å². The minimum atomic E-state index is -0.630. The van der Waals surface area contributed by atoms with Crippen LogP contribution in [0.25, 0.3) is 0 Å². The summed E-state index contributed by atoms with van der Waals surface area (Å²) in [7, 11) is 2.93. The quantitative estimate of drug-likeness (QED) is 0.673. The van der Waals surface area contributed by atoms with E-state index in [0.717, 1.165) is 6.07 Å². The number of carbonyl (C=O) groups excluding carboxylic acids is 3. The summed E-state index contributed by atoms with van der Waals surface area (Å²) in [6.07, 6.45) is 0. The highest BCUT2D eigenvalue weighted by Crippen LogP contribution is 2.27. The maximum atomic E-state index is 13.6. The summed E-state index contributed by atoms with van der Waals surface area (Å²) in [6, 6.07) is 8.35. The first kappa shape index (κ1) is 20.7. The van der Waals surface area contributed by atoms with E-state index < -0.39 is 23.5 Å². The number of halogens is 1. The number of methoxy groups -OCH3 is 2. The van der Waals surface area contributed by atoms with Crippen LogP contribution in [0.5, 0.6) is 11.5 Å². The standard InChI is InChI=1S/C19H20FN3O5/c1-11(24)22-15-9-13(5-6-14(15)20)23-18(25)10-21-19(26)12-4-7-16(27-2)17(8-12)28-3/h4-9H,10H2,1-3H3,(H,21,26)(H,22,24)(H,23,25). The number of hydrogen-bond donors (Lipinski definition) is 3. The Hall–Kier alpha value is -3.62. The van der Waals surface area contributed by atoms with E-state index in [1.165, 1.54) is 45.4 Å². The fourth-order valence-corrected chi connectivity index (χ4v) is 2.33. The van der Waals surface area contributed by atoms with Gasteiger partial charge < -0.3 is 25.4 Å². The number of rotatable bonds is 7. The fourth-order valence-electron chi connectivity index (χ4n) is 2.33. The molecule has 0 atom stereocenters. The Balaban J connectivity index is 1.97. The number of anilines is 2. The number of ether oxygens (including phenoxy) is 2. The van der Waals surface area contributed by atoms with Crippen molar-refractivity contribution < 1.29 is 28.2 Å². The maximum absolute atomic E-state index is 13.6. The van der Waals surface area contributed by atoms with Gasteiger partial charge in [0, 0.05) is 18.2 Å². The minimum Gasteiger partial charge on any atom is -0.493 e. The second-order valence-electron chi connectivity index (χ2n) is 5.68. The monoisotopic (exact) mass is 389 g/mol. The van der Waals surface area contributed by atoms with E-state index in [1.807, 2.05) is 0 Å². The Kier molecular flexibility index (Phi) is 6.91. The highest BCUT2D eigenvalue weighted by molar-refractivity contribution is 6.00. The van der Waals surface area contributed by atoms with Crippen LogP contribution in [0.1, 0.15) is 17.3 Å². The Labute approximate surface area is 161 Å².